The zero-order valence-electron chi connectivity index (χ0n) is 13.8. The quantitative estimate of drug-likeness (QED) is 0.861. The molecule has 1 fully saturated rings. The zero-order valence-corrected chi connectivity index (χ0v) is 14.6. The highest BCUT2D eigenvalue weighted by molar-refractivity contribution is 8.15. The molecule has 0 aliphatic carbocycles. The fourth-order valence-electron chi connectivity index (χ4n) is 2.40. The van der Waals surface area contributed by atoms with E-state index in [2.05, 4.69) is 10.3 Å². The van der Waals surface area contributed by atoms with Crippen LogP contribution in [0.3, 0.4) is 0 Å². The molecule has 1 N–H and O–H groups in total. The van der Waals surface area contributed by atoms with Gasteiger partial charge in [-0.05, 0) is 26.0 Å². The number of para-hydroxylation sites is 1. The summed E-state index contributed by atoms with van der Waals surface area (Å²) in [4.78, 5) is 30.2. The van der Waals surface area contributed by atoms with Crippen LogP contribution in [0.15, 0.2) is 29.3 Å². The van der Waals surface area contributed by atoms with Gasteiger partial charge in [-0.25, -0.2) is 0 Å². The smallest absolute Gasteiger partial charge is 0.325 e. The number of aliphatic imine (C=N–C) groups is 1. The van der Waals surface area contributed by atoms with Crippen LogP contribution >= 0.6 is 11.8 Å². The Morgan fingerprint density at radius 1 is 1.32 bits per heavy atom. The van der Waals surface area contributed by atoms with Gasteiger partial charge in [0.1, 0.15) is 5.25 Å². The first-order valence-electron chi connectivity index (χ1n) is 7.76. The van der Waals surface area contributed by atoms with Gasteiger partial charge in [-0.15, -0.1) is 0 Å². The molecule has 1 saturated heterocycles. The lowest BCUT2D eigenvalue weighted by Crippen LogP contribution is -2.33. The Morgan fingerprint density at radius 2 is 2.00 bits per heavy atom. The predicted octanol–water partition coefficient (Wildman–Crippen LogP) is 3.37. The van der Waals surface area contributed by atoms with Crippen molar-refractivity contribution in [2.45, 2.75) is 31.7 Å². The number of carbonyl (C=O) groups excluding carboxylic acids is 2. The molecule has 0 bridgehead atoms. The molecular formula is C16H18F3N3O2S. The maximum atomic E-state index is 13.0. The number of alkyl halides is 3. The second-order valence-electron chi connectivity index (χ2n) is 5.24. The van der Waals surface area contributed by atoms with E-state index in [1.54, 1.807) is 6.92 Å². The highest BCUT2D eigenvalue weighted by atomic mass is 32.2. The number of hydrogen-bond donors (Lipinski definition) is 1. The zero-order chi connectivity index (χ0) is 18.6. The van der Waals surface area contributed by atoms with E-state index in [0.29, 0.717) is 18.3 Å². The number of amides is 2. The third-order valence-corrected chi connectivity index (χ3v) is 4.72. The van der Waals surface area contributed by atoms with E-state index in [1.165, 1.54) is 34.9 Å². The number of anilines is 1. The first kappa shape index (κ1) is 19.3. The summed E-state index contributed by atoms with van der Waals surface area (Å²) >= 11 is 1.17. The molecule has 5 nitrogen and oxygen atoms in total. The van der Waals surface area contributed by atoms with Crippen LogP contribution < -0.4 is 5.32 Å². The molecule has 2 amide bonds. The van der Waals surface area contributed by atoms with Crippen LogP contribution in [0.4, 0.5) is 18.9 Å². The van der Waals surface area contributed by atoms with Crippen LogP contribution in [0.25, 0.3) is 0 Å². The first-order valence-corrected chi connectivity index (χ1v) is 8.64. The number of benzene rings is 1. The predicted molar refractivity (Wildman–Crippen MR) is 91.4 cm³/mol. The minimum atomic E-state index is -4.57. The van der Waals surface area contributed by atoms with Gasteiger partial charge in [0.15, 0.2) is 5.17 Å². The number of halogens is 3. The Kier molecular flexibility index (Phi) is 6.10. The lowest BCUT2D eigenvalue weighted by Gasteiger charge is -2.15. The molecule has 0 radical (unpaired) electrons. The number of nitrogens with zero attached hydrogens (tertiary/aromatic N) is 2. The monoisotopic (exact) mass is 373 g/mol. The Labute approximate surface area is 147 Å². The molecule has 136 valence electrons. The maximum absolute atomic E-state index is 13.0. The average molecular weight is 373 g/mol. The molecule has 2 rings (SSSR count). The molecule has 1 aliphatic heterocycles. The second-order valence-corrected chi connectivity index (χ2v) is 6.41. The van der Waals surface area contributed by atoms with Crippen LogP contribution in [0, 0.1) is 0 Å². The summed E-state index contributed by atoms with van der Waals surface area (Å²) in [6, 6.07) is 4.75. The molecule has 1 atom stereocenters. The van der Waals surface area contributed by atoms with Crippen LogP contribution in [0.1, 0.15) is 25.8 Å². The number of amidine groups is 1. The van der Waals surface area contributed by atoms with E-state index in [1.807, 2.05) is 6.92 Å². The number of carbonyl (C=O) groups is 2. The van der Waals surface area contributed by atoms with Crippen molar-refractivity contribution in [3.8, 4) is 0 Å². The minimum absolute atomic E-state index is 0.213. The van der Waals surface area contributed by atoms with Gasteiger partial charge in [-0.1, -0.05) is 23.9 Å². The van der Waals surface area contributed by atoms with Gasteiger partial charge in [0.25, 0.3) is 0 Å². The fraction of sp³-hybridized carbons (Fsp3) is 0.438. The number of rotatable bonds is 5. The Morgan fingerprint density at radius 3 is 2.60 bits per heavy atom. The van der Waals surface area contributed by atoms with Gasteiger partial charge in [0.2, 0.25) is 11.8 Å². The lowest BCUT2D eigenvalue weighted by atomic mass is 10.1. The van der Waals surface area contributed by atoms with Crippen LogP contribution in [0.2, 0.25) is 0 Å². The topological polar surface area (TPSA) is 61.8 Å². The highest BCUT2D eigenvalue weighted by Gasteiger charge is 2.38. The van der Waals surface area contributed by atoms with Crippen molar-refractivity contribution in [2.75, 3.05) is 18.4 Å². The first-order chi connectivity index (χ1) is 11.8. The molecule has 25 heavy (non-hydrogen) atoms. The maximum Gasteiger partial charge on any atom is 0.418 e. The molecule has 0 unspecified atom stereocenters. The number of nitrogens with one attached hydrogen (secondary N) is 1. The van der Waals surface area contributed by atoms with Gasteiger partial charge >= 0.3 is 6.18 Å². The molecular weight excluding hydrogens is 355 g/mol. The van der Waals surface area contributed by atoms with Crippen molar-refractivity contribution in [1.82, 2.24) is 4.90 Å². The Hall–Kier alpha value is -2.03. The molecule has 1 aromatic rings. The standard InChI is InChI=1S/C16H18F3N3O2S/c1-3-20-15-22(4-2)14(24)12(25-15)9-13(23)21-11-8-6-5-7-10(11)16(17,18)19/h5-8,12H,3-4,9H2,1-2H3,(H,21,23)/t12-/m1/s1. The number of hydrogen-bond acceptors (Lipinski definition) is 4. The van der Waals surface area contributed by atoms with Crippen LogP contribution in [-0.4, -0.2) is 40.2 Å². The van der Waals surface area contributed by atoms with Crippen LogP contribution in [0.5, 0.6) is 0 Å². The second kappa shape index (κ2) is 7.90. The average Bonchev–Trinajstić information content (AvgIpc) is 2.82. The largest absolute Gasteiger partial charge is 0.418 e. The molecule has 0 spiro atoms. The number of thioether (sulfide) groups is 1. The summed E-state index contributed by atoms with van der Waals surface area (Å²) in [5.74, 6) is -0.893. The van der Waals surface area contributed by atoms with Crippen molar-refractivity contribution < 1.29 is 22.8 Å². The summed E-state index contributed by atoms with van der Waals surface area (Å²) in [5, 5.41) is 2.13. The van der Waals surface area contributed by atoms with Gasteiger partial charge in [-0.2, -0.15) is 13.2 Å². The summed E-state index contributed by atoms with van der Waals surface area (Å²) in [5.41, 5.74) is -1.23. The molecule has 1 aromatic carbocycles. The normalized spacial score (nSPS) is 19.6. The molecule has 0 aromatic heterocycles. The van der Waals surface area contributed by atoms with Crippen molar-refractivity contribution in [1.29, 1.82) is 0 Å². The fourth-order valence-corrected chi connectivity index (χ4v) is 3.66. The van der Waals surface area contributed by atoms with Gasteiger partial charge in [0, 0.05) is 19.5 Å². The third kappa shape index (κ3) is 4.53. The lowest BCUT2D eigenvalue weighted by molar-refractivity contribution is -0.137. The van der Waals surface area contributed by atoms with Gasteiger partial charge in [-0.3, -0.25) is 19.5 Å². The summed E-state index contributed by atoms with van der Waals surface area (Å²) < 4.78 is 38.9. The minimum Gasteiger partial charge on any atom is -0.325 e. The third-order valence-electron chi connectivity index (χ3n) is 3.51. The van der Waals surface area contributed by atoms with E-state index >= 15 is 0 Å². The molecule has 1 heterocycles. The highest BCUT2D eigenvalue weighted by Crippen LogP contribution is 2.35. The molecule has 0 saturated carbocycles. The van der Waals surface area contributed by atoms with E-state index in [4.69, 9.17) is 0 Å². The Balaban J connectivity index is 2.09. The van der Waals surface area contributed by atoms with Crippen molar-refractivity contribution in [2.24, 2.45) is 4.99 Å². The molecule has 9 heteroatoms. The summed E-state index contributed by atoms with van der Waals surface area (Å²) in [6.45, 7) is 4.56. The summed E-state index contributed by atoms with van der Waals surface area (Å²) in [7, 11) is 0. The van der Waals surface area contributed by atoms with E-state index in [0.717, 1.165) is 6.07 Å². The van der Waals surface area contributed by atoms with Crippen molar-refractivity contribution in [3.05, 3.63) is 29.8 Å². The van der Waals surface area contributed by atoms with Crippen LogP contribution in [-0.2, 0) is 15.8 Å². The van der Waals surface area contributed by atoms with Gasteiger partial charge < -0.3 is 5.32 Å². The SMILES string of the molecule is CCN=C1S[C@H](CC(=O)Nc2ccccc2C(F)(F)F)C(=O)N1CC. The van der Waals surface area contributed by atoms with E-state index in [-0.39, 0.29) is 18.0 Å². The summed E-state index contributed by atoms with van der Waals surface area (Å²) in [6.07, 6.45) is -4.78. The van der Waals surface area contributed by atoms with E-state index in [9.17, 15) is 22.8 Å². The van der Waals surface area contributed by atoms with E-state index < -0.39 is 22.9 Å². The molecule has 1 aliphatic rings. The van der Waals surface area contributed by atoms with Gasteiger partial charge in [0.05, 0.1) is 11.3 Å². The Bertz CT molecular complexity index is 691. The van der Waals surface area contributed by atoms with Crippen molar-refractivity contribution in [3.63, 3.8) is 0 Å². The van der Waals surface area contributed by atoms with Crippen molar-refractivity contribution >= 4 is 34.4 Å².